The number of carbonyl (C=O) groups is 1. The van der Waals surface area contributed by atoms with Gasteiger partial charge in [0.2, 0.25) is 0 Å². The second-order valence-electron chi connectivity index (χ2n) is 4.62. The number of hydrogen-bond acceptors (Lipinski definition) is 2. The van der Waals surface area contributed by atoms with Crippen LogP contribution in [0.2, 0.25) is 0 Å². The molecule has 0 saturated heterocycles. The van der Waals surface area contributed by atoms with Crippen LogP contribution >= 0.6 is 0 Å². The first-order valence-electron chi connectivity index (χ1n) is 6.38. The van der Waals surface area contributed by atoms with E-state index in [0.717, 1.165) is 25.7 Å². The summed E-state index contributed by atoms with van der Waals surface area (Å²) in [5, 5.41) is 0. The molecule has 1 aliphatic carbocycles. The molecule has 1 fully saturated rings. The van der Waals surface area contributed by atoms with E-state index in [9.17, 15) is 4.79 Å². The Kier molecular flexibility index (Phi) is 4.62. The highest BCUT2D eigenvalue weighted by Gasteiger charge is 2.50. The van der Waals surface area contributed by atoms with Gasteiger partial charge in [-0.05, 0) is 32.1 Å². The fraction of sp³-hybridized carbons (Fsp3) is 0.923. The molecule has 0 bridgehead atoms. The molecule has 1 atom stereocenters. The smallest absolute Gasteiger partial charge is 0.312 e. The van der Waals surface area contributed by atoms with E-state index in [4.69, 9.17) is 4.74 Å². The lowest BCUT2D eigenvalue weighted by atomic mass is 9.59. The Hall–Kier alpha value is -0.530. The highest BCUT2D eigenvalue weighted by atomic mass is 16.5. The number of carbonyl (C=O) groups excluding carboxylic acids is 1. The third kappa shape index (κ3) is 2.35. The van der Waals surface area contributed by atoms with Gasteiger partial charge in [0.15, 0.2) is 0 Å². The van der Waals surface area contributed by atoms with Crippen molar-refractivity contribution >= 4 is 5.97 Å². The first-order valence-corrected chi connectivity index (χ1v) is 6.38. The molecule has 1 unspecified atom stereocenters. The lowest BCUT2D eigenvalue weighted by Crippen LogP contribution is -2.45. The Morgan fingerprint density at radius 3 is 2.33 bits per heavy atom. The summed E-state index contributed by atoms with van der Waals surface area (Å²) in [5.74, 6) is 0.604. The quantitative estimate of drug-likeness (QED) is 0.629. The molecule has 2 nitrogen and oxygen atoms in total. The zero-order valence-corrected chi connectivity index (χ0v) is 10.3. The number of rotatable bonds is 6. The molecule has 1 aliphatic rings. The topological polar surface area (TPSA) is 26.3 Å². The lowest BCUT2D eigenvalue weighted by Gasteiger charge is -2.45. The molecule has 1 saturated carbocycles. The van der Waals surface area contributed by atoms with Gasteiger partial charge in [0.1, 0.15) is 0 Å². The van der Waals surface area contributed by atoms with Gasteiger partial charge < -0.3 is 4.74 Å². The van der Waals surface area contributed by atoms with E-state index in [1.165, 1.54) is 12.8 Å². The van der Waals surface area contributed by atoms with Gasteiger partial charge in [-0.1, -0.05) is 33.1 Å². The Morgan fingerprint density at radius 1 is 1.33 bits per heavy atom. The third-order valence-corrected chi connectivity index (χ3v) is 3.84. The van der Waals surface area contributed by atoms with Crippen LogP contribution < -0.4 is 0 Å². The molecule has 0 aromatic rings. The van der Waals surface area contributed by atoms with Gasteiger partial charge >= 0.3 is 5.97 Å². The lowest BCUT2D eigenvalue weighted by molar-refractivity contribution is -0.167. The zero-order chi connectivity index (χ0) is 11.3. The fourth-order valence-corrected chi connectivity index (χ4v) is 2.83. The van der Waals surface area contributed by atoms with Crippen molar-refractivity contribution in [2.45, 2.75) is 59.3 Å². The monoisotopic (exact) mass is 212 g/mol. The molecule has 0 heterocycles. The van der Waals surface area contributed by atoms with Gasteiger partial charge in [-0.15, -0.1) is 0 Å². The fourth-order valence-electron chi connectivity index (χ4n) is 2.83. The predicted molar refractivity (Wildman–Crippen MR) is 61.6 cm³/mol. The molecule has 1 rings (SSSR count). The SMILES string of the molecule is CCCC(CC)C1(C(=O)OCC)CCC1. The van der Waals surface area contributed by atoms with Crippen molar-refractivity contribution in [3.63, 3.8) is 0 Å². The van der Waals surface area contributed by atoms with Crippen LogP contribution in [-0.4, -0.2) is 12.6 Å². The first-order chi connectivity index (χ1) is 7.21. The van der Waals surface area contributed by atoms with Crippen molar-refractivity contribution in [3.8, 4) is 0 Å². The van der Waals surface area contributed by atoms with Crippen molar-refractivity contribution in [1.29, 1.82) is 0 Å². The summed E-state index contributed by atoms with van der Waals surface area (Å²) in [6.07, 6.45) is 6.72. The predicted octanol–water partition coefficient (Wildman–Crippen LogP) is 3.55. The molecule has 0 amide bonds. The Labute approximate surface area is 93.4 Å². The Morgan fingerprint density at radius 2 is 2.00 bits per heavy atom. The second kappa shape index (κ2) is 5.53. The summed E-state index contributed by atoms with van der Waals surface area (Å²) in [5.41, 5.74) is -0.110. The van der Waals surface area contributed by atoms with Crippen molar-refractivity contribution in [2.24, 2.45) is 11.3 Å². The molecule has 0 aromatic heterocycles. The van der Waals surface area contributed by atoms with Gasteiger partial charge in [-0.3, -0.25) is 4.79 Å². The highest BCUT2D eigenvalue weighted by molar-refractivity contribution is 5.78. The average Bonchev–Trinajstić information content (AvgIpc) is 2.15. The molecule has 0 radical (unpaired) electrons. The van der Waals surface area contributed by atoms with Gasteiger partial charge in [0, 0.05) is 0 Å². The van der Waals surface area contributed by atoms with Gasteiger partial charge in [0.05, 0.1) is 12.0 Å². The van der Waals surface area contributed by atoms with E-state index in [-0.39, 0.29) is 11.4 Å². The van der Waals surface area contributed by atoms with E-state index < -0.39 is 0 Å². The van der Waals surface area contributed by atoms with E-state index in [1.54, 1.807) is 0 Å². The maximum absolute atomic E-state index is 12.0. The van der Waals surface area contributed by atoms with Crippen molar-refractivity contribution in [1.82, 2.24) is 0 Å². The zero-order valence-electron chi connectivity index (χ0n) is 10.3. The summed E-state index contributed by atoms with van der Waals surface area (Å²) >= 11 is 0. The van der Waals surface area contributed by atoms with Crippen LogP contribution in [0.1, 0.15) is 59.3 Å². The maximum Gasteiger partial charge on any atom is 0.312 e. The third-order valence-electron chi connectivity index (χ3n) is 3.84. The summed E-state index contributed by atoms with van der Waals surface area (Å²) in [4.78, 5) is 12.0. The molecule has 0 spiro atoms. The normalized spacial score (nSPS) is 20.5. The van der Waals surface area contributed by atoms with Gasteiger partial charge in [0.25, 0.3) is 0 Å². The minimum atomic E-state index is -0.110. The standard InChI is InChI=1S/C13H24O2/c1-4-8-11(5-2)13(9-7-10-13)12(14)15-6-3/h11H,4-10H2,1-3H3. The largest absolute Gasteiger partial charge is 0.466 e. The van der Waals surface area contributed by atoms with Crippen LogP contribution in [0.15, 0.2) is 0 Å². The summed E-state index contributed by atoms with van der Waals surface area (Å²) in [7, 11) is 0. The van der Waals surface area contributed by atoms with Crippen molar-refractivity contribution in [3.05, 3.63) is 0 Å². The van der Waals surface area contributed by atoms with Crippen molar-refractivity contribution in [2.75, 3.05) is 6.61 Å². The van der Waals surface area contributed by atoms with Crippen LogP contribution in [-0.2, 0) is 9.53 Å². The Bertz CT molecular complexity index is 207. The second-order valence-corrected chi connectivity index (χ2v) is 4.62. The van der Waals surface area contributed by atoms with Gasteiger partial charge in [-0.2, -0.15) is 0 Å². The molecular weight excluding hydrogens is 188 g/mol. The van der Waals surface area contributed by atoms with Crippen LogP contribution in [0.5, 0.6) is 0 Å². The van der Waals surface area contributed by atoms with Crippen LogP contribution in [0.25, 0.3) is 0 Å². The van der Waals surface area contributed by atoms with Crippen LogP contribution in [0, 0.1) is 11.3 Å². The minimum Gasteiger partial charge on any atom is -0.466 e. The van der Waals surface area contributed by atoms with Crippen LogP contribution in [0.3, 0.4) is 0 Å². The van der Waals surface area contributed by atoms with Gasteiger partial charge in [-0.25, -0.2) is 0 Å². The average molecular weight is 212 g/mol. The molecule has 2 heteroatoms. The molecule has 88 valence electrons. The van der Waals surface area contributed by atoms with E-state index in [2.05, 4.69) is 13.8 Å². The molecule has 0 aromatic carbocycles. The number of esters is 1. The molecule has 0 N–H and O–H groups in total. The summed E-state index contributed by atoms with van der Waals surface area (Å²) in [6.45, 7) is 6.80. The number of ether oxygens (including phenoxy) is 1. The van der Waals surface area contributed by atoms with E-state index >= 15 is 0 Å². The molecule has 15 heavy (non-hydrogen) atoms. The first kappa shape index (κ1) is 12.5. The number of hydrogen-bond donors (Lipinski definition) is 0. The van der Waals surface area contributed by atoms with E-state index in [1.807, 2.05) is 6.92 Å². The van der Waals surface area contributed by atoms with E-state index in [0.29, 0.717) is 12.5 Å². The highest BCUT2D eigenvalue weighted by Crippen LogP contribution is 2.50. The van der Waals surface area contributed by atoms with Crippen LogP contribution in [0.4, 0.5) is 0 Å². The summed E-state index contributed by atoms with van der Waals surface area (Å²) < 4.78 is 5.24. The molecule has 0 aliphatic heterocycles. The Balaban J connectivity index is 2.69. The minimum absolute atomic E-state index is 0.0663. The van der Waals surface area contributed by atoms with Crippen molar-refractivity contribution < 1.29 is 9.53 Å². The maximum atomic E-state index is 12.0. The molecular formula is C13H24O2. The summed E-state index contributed by atoms with van der Waals surface area (Å²) in [6, 6.07) is 0.